The molecule has 1 aromatic carbocycles. The van der Waals surface area contributed by atoms with E-state index in [2.05, 4.69) is 61.8 Å². The summed E-state index contributed by atoms with van der Waals surface area (Å²) in [5.41, 5.74) is 9.16. The smallest absolute Gasteiger partial charge is 0.0424 e. The molecule has 1 unspecified atom stereocenters. The van der Waals surface area contributed by atoms with Gasteiger partial charge in [-0.2, -0.15) is 0 Å². The van der Waals surface area contributed by atoms with Crippen molar-refractivity contribution in [2.45, 2.75) is 39.3 Å². The molecule has 0 radical (unpaired) electrons. The van der Waals surface area contributed by atoms with Crippen molar-refractivity contribution in [2.24, 2.45) is 5.73 Å². The van der Waals surface area contributed by atoms with Gasteiger partial charge in [0.15, 0.2) is 0 Å². The molecule has 0 aliphatic carbocycles. The summed E-state index contributed by atoms with van der Waals surface area (Å²) in [5, 5.41) is 0. The van der Waals surface area contributed by atoms with Gasteiger partial charge in [-0.1, -0.05) is 29.8 Å². The van der Waals surface area contributed by atoms with Gasteiger partial charge in [0.2, 0.25) is 0 Å². The van der Waals surface area contributed by atoms with Crippen LogP contribution in [0.3, 0.4) is 0 Å². The summed E-state index contributed by atoms with van der Waals surface area (Å²) in [4.78, 5) is 5.05. The molecule has 1 saturated heterocycles. The first-order valence-electron chi connectivity index (χ1n) is 7.66. The summed E-state index contributed by atoms with van der Waals surface area (Å²) >= 11 is 0. The highest BCUT2D eigenvalue weighted by Gasteiger charge is 2.26. The lowest BCUT2D eigenvalue weighted by atomic mass is 10.0. The largest absolute Gasteiger partial charge is 0.323 e. The summed E-state index contributed by atoms with van der Waals surface area (Å²) in [7, 11) is 0. The van der Waals surface area contributed by atoms with Gasteiger partial charge in [-0.25, -0.2) is 0 Å². The number of nitrogens with two attached hydrogens (primary N) is 1. The fourth-order valence-electron chi connectivity index (χ4n) is 2.80. The van der Waals surface area contributed by atoms with E-state index in [0.29, 0.717) is 0 Å². The maximum atomic E-state index is 6.34. The molecule has 3 nitrogen and oxygen atoms in total. The SMILES string of the molecule is Cc1ccc(C(N)CN2CCN(C(C)(C)C)CC2)cc1. The minimum Gasteiger partial charge on any atom is -0.323 e. The van der Waals surface area contributed by atoms with E-state index in [1.165, 1.54) is 11.1 Å². The van der Waals surface area contributed by atoms with Crippen molar-refractivity contribution in [3.05, 3.63) is 35.4 Å². The minimum atomic E-state index is 0.122. The Labute approximate surface area is 123 Å². The van der Waals surface area contributed by atoms with Crippen LogP contribution in [0.25, 0.3) is 0 Å². The number of nitrogens with zero attached hydrogens (tertiary/aromatic N) is 2. The van der Waals surface area contributed by atoms with Crippen molar-refractivity contribution >= 4 is 0 Å². The van der Waals surface area contributed by atoms with Crippen molar-refractivity contribution in [3.63, 3.8) is 0 Å². The second-order valence-corrected chi connectivity index (χ2v) is 6.98. The molecule has 112 valence electrons. The molecule has 1 aliphatic rings. The number of rotatable bonds is 3. The van der Waals surface area contributed by atoms with E-state index in [4.69, 9.17) is 5.73 Å². The molecule has 0 amide bonds. The normalized spacial score (nSPS) is 20.1. The van der Waals surface area contributed by atoms with Crippen molar-refractivity contribution in [2.75, 3.05) is 32.7 Å². The summed E-state index contributed by atoms with van der Waals surface area (Å²) in [5.74, 6) is 0. The van der Waals surface area contributed by atoms with Crippen molar-refractivity contribution < 1.29 is 0 Å². The average molecular weight is 275 g/mol. The van der Waals surface area contributed by atoms with Crippen molar-refractivity contribution in [1.82, 2.24) is 9.80 Å². The third-order valence-electron chi connectivity index (χ3n) is 4.28. The number of piperazine rings is 1. The molecular formula is C17H29N3. The van der Waals surface area contributed by atoms with Crippen LogP contribution >= 0.6 is 0 Å². The lowest BCUT2D eigenvalue weighted by Gasteiger charge is -2.42. The first-order chi connectivity index (χ1) is 9.36. The molecule has 2 N–H and O–H groups in total. The molecule has 1 aliphatic heterocycles. The third-order valence-corrected chi connectivity index (χ3v) is 4.28. The summed E-state index contributed by atoms with van der Waals surface area (Å²) in [6, 6.07) is 8.73. The highest BCUT2D eigenvalue weighted by Crippen LogP contribution is 2.18. The average Bonchev–Trinajstić information content (AvgIpc) is 2.39. The quantitative estimate of drug-likeness (QED) is 0.919. The van der Waals surface area contributed by atoms with Gasteiger partial charge in [-0.3, -0.25) is 9.80 Å². The molecular weight excluding hydrogens is 246 g/mol. The lowest BCUT2D eigenvalue weighted by molar-refractivity contribution is 0.0598. The third kappa shape index (κ3) is 4.05. The first-order valence-corrected chi connectivity index (χ1v) is 7.66. The Hall–Kier alpha value is -0.900. The van der Waals surface area contributed by atoms with Gasteiger partial charge in [-0.15, -0.1) is 0 Å². The maximum absolute atomic E-state index is 6.34. The molecule has 0 saturated carbocycles. The molecule has 3 heteroatoms. The Morgan fingerprint density at radius 2 is 1.60 bits per heavy atom. The zero-order valence-electron chi connectivity index (χ0n) is 13.4. The molecule has 1 fully saturated rings. The monoisotopic (exact) mass is 275 g/mol. The van der Waals surface area contributed by atoms with Gasteiger partial charge < -0.3 is 5.73 Å². The van der Waals surface area contributed by atoms with Gasteiger partial charge in [0.1, 0.15) is 0 Å². The number of aryl methyl sites for hydroxylation is 1. The van der Waals surface area contributed by atoms with Crippen LogP contribution < -0.4 is 5.73 Å². The van der Waals surface area contributed by atoms with Crippen LogP contribution in [0.4, 0.5) is 0 Å². The Morgan fingerprint density at radius 3 is 2.10 bits per heavy atom. The zero-order valence-corrected chi connectivity index (χ0v) is 13.4. The lowest BCUT2D eigenvalue weighted by Crippen LogP contribution is -2.54. The highest BCUT2D eigenvalue weighted by molar-refractivity contribution is 5.24. The van der Waals surface area contributed by atoms with Gasteiger partial charge in [0.25, 0.3) is 0 Å². The Morgan fingerprint density at radius 1 is 1.05 bits per heavy atom. The standard InChI is InChI=1S/C17H29N3/c1-14-5-7-15(8-6-14)16(18)13-19-9-11-20(12-10-19)17(2,3)4/h5-8,16H,9-13,18H2,1-4H3. The molecule has 1 aromatic rings. The first kappa shape index (κ1) is 15.5. The number of benzene rings is 1. The van der Waals surface area contributed by atoms with E-state index in [-0.39, 0.29) is 11.6 Å². The van der Waals surface area contributed by atoms with Crippen LogP contribution in [0.1, 0.15) is 37.9 Å². The zero-order chi connectivity index (χ0) is 14.8. The molecule has 0 bridgehead atoms. The van der Waals surface area contributed by atoms with Gasteiger partial charge >= 0.3 is 0 Å². The predicted molar refractivity (Wildman–Crippen MR) is 85.9 cm³/mol. The summed E-state index contributed by atoms with van der Waals surface area (Å²) < 4.78 is 0. The van der Waals surface area contributed by atoms with E-state index < -0.39 is 0 Å². The topological polar surface area (TPSA) is 32.5 Å². The molecule has 0 spiro atoms. The van der Waals surface area contributed by atoms with E-state index in [1.54, 1.807) is 0 Å². The van der Waals surface area contributed by atoms with Crippen molar-refractivity contribution in [3.8, 4) is 0 Å². The molecule has 1 heterocycles. The number of hydrogen-bond donors (Lipinski definition) is 1. The Bertz CT molecular complexity index is 411. The highest BCUT2D eigenvalue weighted by atomic mass is 15.3. The van der Waals surface area contributed by atoms with Gasteiger partial charge in [0.05, 0.1) is 0 Å². The molecule has 20 heavy (non-hydrogen) atoms. The second-order valence-electron chi connectivity index (χ2n) is 6.98. The minimum absolute atomic E-state index is 0.122. The molecule has 2 rings (SSSR count). The van der Waals surface area contributed by atoms with E-state index >= 15 is 0 Å². The van der Waals surface area contributed by atoms with Crippen LogP contribution in [0.15, 0.2) is 24.3 Å². The Balaban J connectivity index is 1.85. The van der Waals surface area contributed by atoms with Crippen LogP contribution in [-0.2, 0) is 0 Å². The summed E-state index contributed by atoms with van der Waals surface area (Å²) in [6.45, 7) is 14.5. The fourth-order valence-corrected chi connectivity index (χ4v) is 2.80. The molecule has 1 atom stereocenters. The van der Waals surface area contributed by atoms with E-state index in [0.717, 1.165) is 32.7 Å². The van der Waals surface area contributed by atoms with Gasteiger partial charge in [0, 0.05) is 44.3 Å². The van der Waals surface area contributed by atoms with E-state index in [1.807, 2.05) is 0 Å². The van der Waals surface area contributed by atoms with Crippen LogP contribution in [0.5, 0.6) is 0 Å². The maximum Gasteiger partial charge on any atom is 0.0424 e. The van der Waals surface area contributed by atoms with Crippen LogP contribution in [0.2, 0.25) is 0 Å². The van der Waals surface area contributed by atoms with Crippen molar-refractivity contribution in [1.29, 1.82) is 0 Å². The Kier molecular flexibility index (Phi) is 4.84. The number of hydrogen-bond acceptors (Lipinski definition) is 3. The predicted octanol–water partition coefficient (Wildman–Crippen LogP) is 2.41. The van der Waals surface area contributed by atoms with Gasteiger partial charge in [-0.05, 0) is 33.3 Å². The molecule has 0 aromatic heterocycles. The fraction of sp³-hybridized carbons (Fsp3) is 0.647. The van der Waals surface area contributed by atoms with Crippen LogP contribution in [-0.4, -0.2) is 48.1 Å². The summed E-state index contributed by atoms with van der Waals surface area (Å²) in [6.07, 6.45) is 0. The van der Waals surface area contributed by atoms with Crippen LogP contribution in [0, 0.1) is 6.92 Å². The second kappa shape index (κ2) is 6.25. The van der Waals surface area contributed by atoms with E-state index in [9.17, 15) is 0 Å².